The van der Waals surface area contributed by atoms with Crippen LogP contribution in [0.1, 0.15) is 29.4 Å². The first-order valence-electron chi connectivity index (χ1n) is 7.94. The van der Waals surface area contributed by atoms with Gasteiger partial charge in [-0.2, -0.15) is 0 Å². The van der Waals surface area contributed by atoms with Crippen LogP contribution in [0.3, 0.4) is 0 Å². The molecule has 7 heteroatoms. The number of oxazole rings is 1. The normalized spacial score (nSPS) is 11.4. The summed E-state index contributed by atoms with van der Waals surface area (Å²) >= 11 is 1.34. The number of carbonyl (C=O) groups excluding carboxylic acids is 2. The van der Waals surface area contributed by atoms with E-state index in [-0.39, 0.29) is 11.8 Å². The molecular weight excluding hydrogens is 338 g/mol. The number of rotatable bonds is 6. The van der Waals surface area contributed by atoms with E-state index in [4.69, 9.17) is 4.42 Å². The Balaban J connectivity index is 1.53. The van der Waals surface area contributed by atoms with Gasteiger partial charge in [-0.15, -0.1) is 11.3 Å². The minimum absolute atomic E-state index is 0.255. The van der Waals surface area contributed by atoms with Crippen molar-refractivity contribution in [3.05, 3.63) is 52.5 Å². The Kier molecular flexibility index (Phi) is 4.85. The molecule has 0 spiro atoms. The van der Waals surface area contributed by atoms with Crippen molar-refractivity contribution < 1.29 is 14.0 Å². The second-order valence-corrected chi connectivity index (χ2v) is 7.09. The van der Waals surface area contributed by atoms with Gasteiger partial charge in [0.1, 0.15) is 11.1 Å². The summed E-state index contributed by atoms with van der Waals surface area (Å²) in [4.78, 5) is 29.4. The topological polar surface area (TPSA) is 84.2 Å². The molecule has 6 nitrogen and oxygen atoms in total. The van der Waals surface area contributed by atoms with Crippen molar-refractivity contribution in [1.82, 2.24) is 15.6 Å². The third-order valence-corrected chi connectivity index (χ3v) is 4.57. The fourth-order valence-electron chi connectivity index (χ4n) is 2.34. The molecule has 130 valence electrons. The number of hydrogen-bond acceptors (Lipinski definition) is 5. The van der Waals surface area contributed by atoms with E-state index in [0.29, 0.717) is 23.7 Å². The Morgan fingerprint density at radius 1 is 1.20 bits per heavy atom. The standard InChI is InChI=1S/C18H19N3O3S/c1-18(2,21-16(22)14-8-5-11-25-14)17(23)19-10-9-15-20-12-6-3-4-7-13(12)24-15/h3-8,11H,9-10H2,1-2H3,(H,19,23)(H,21,22). The lowest BCUT2D eigenvalue weighted by atomic mass is 10.0. The molecule has 0 saturated heterocycles. The Hall–Kier alpha value is -2.67. The Bertz CT molecular complexity index is 851. The van der Waals surface area contributed by atoms with Crippen LogP contribution in [0.5, 0.6) is 0 Å². The summed E-state index contributed by atoms with van der Waals surface area (Å²) < 4.78 is 5.62. The van der Waals surface area contributed by atoms with Crippen molar-refractivity contribution in [3.63, 3.8) is 0 Å². The summed E-state index contributed by atoms with van der Waals surface area (Å²) in [6, 6.07) is 11.0. The van der Waals surface area contributed by atoms with Crippen molar-refractivity contribution in [2.24, 2.45) is 0 Å². The van der Waals surface area contributed by atoms with Crippen molar-refractivity contribution in [2.75, 3.05) is 6.54 Å². The molecule has 25 heavy (non-hydrogen) atoms. The van der Waals surface area contributed by atoms with Crippen molar-refractivity contribution in [2.45, 2.75) is 25.8 Å². The minimum Gasteiger partial charge on any atom is -0.441 e. The average Bonchev–Trinajstić information content (AvgIpc) is 3.23. The zero-order valence-corrected chi connectivity index (χ0v) is 14.9. The van der Waals surface area contributed by atoms with Crippen LogP contribution in [-0.2, 0) is 11.2 Å². The molecule has 0 aliphatic rings. The molecule has 2 aromatic heterocycles. The second kappa shape index (κ2) is 7.06. The Morgan fingerprint density at radius 3 is 2.72 bits per heavy atom. The number of amides is 2. The van der Waals surface area contributed by atoms with Crippen molar-refractivity contribution >= 4 is 34.3 Å². The summed E-state index contributed by atoms with van der Waals surface area (Å²) in [5.74, 6) is 0.0598. The molecule has 1 aromatic carbocycles. The summed E-state index contributed by atoms with van der Waals surface area (Å²) in [6.45, 7) is 3.73. The predicted octanol–water partition coefficient (Wildman–Crippen LogP) is 2.76. The molecule has 0 bridgehead atoms. The SMILES string of the molecule is CC(C)(NC(=O)c1cccs1)C(=O)NCCc1nc2ccccc2o1. The number of aromatic nitrogens is 1. The van der Waals surface area contributed by atoms with Crippen LogP contribution in [0.15, 0.2) is 46.2 Å². The number of thiophene rings is 1. The molecule has 0 saturated carbocycles. The zero-order valence-electron chi connectivity index (χ0n) is 14.0. The Morgan fingerprint density at radius 2 is 2.00 bits per heavy atom. The number of benzene rings is 1. The first-order valence-corrected chi connectivity index (χ1v) is 8.82. The number of fused-ring (bicyclic) bond motifs is 1. The van der Waals surface area contributed by atoms with Gasteiger partial charge in [-0.25, -0.2) is 4.98 Å². The fraction of sp³-hybridized carbons (Fsp3) is 0.278. The van der Waals surface area contributed by atoms with Gasteiger partial charge < -0.3 is 15.1 Å². The van der Waals surface area contributed by atoms with E-state index >= 15 is 0 Å². The van der Waals surface area contributed by atoms with Crippen LogP contribution >= 0.6 is 11.3 Å². The van der Waals surface area contributed by atoms with E-state index in [0.717, 1.165) is 11.1 Å². The molecule has 0 radical (unpaired) electrons. The van der Waals surface area contributed by atoms with Crippen LogP contribution in [0.2, 0.25) is 0 Å². The maximum Gasteiger partial charge on any atom is 0.262 e. The number of para-hydroxylation sites is 2. The van der Waals surface area contributed by atoms with Crippen molar-refractivity contribution in [3.8, 4) is 0 Å². The smallest absolute Gasteiger partial charge is 0.262 e. The molecule has 2 amide bonds. The zero-order chi connectivity index (χ0) is 17.9. The van der Waals surface area contributed by atoms with E-state index in [1.807, 2.05) is 29.6 Å². The van der Waals surface area contributed by atoms with Crippen LogP contribution < -0.4 is 10.6 Å². The highest BCUT2D eigenvalue weighted by Gasteiger charge is 2.29. The molecule has 3 rings (SSSR count). The second-order valence-electron chi connectivity index (χ2n) is 6.14. The molecule has 3 aromatic rings. The number of hydrogen-bond donors (Lipinski definition) is 2. The maximum atomic E-state index is 12.4. The fourth-order valence-corrected chi connectivity index (χ4v) is 2.96. The average molecular weight is 357 g/mol. The third kappa shape index (κ3) is 4.06. The van der Waals surface area contributed by atoms with Crippen LogP contribution in [0.4, 0.5) is 0 Å². The van der Waals surface area contributed by atoms with Gasteiger partial charge >= 0.3 is 0 Å². The van der Waals surface area contributed by atoms with Gasteiger partial charge in [-0.3, -0.25) is 9.59 Å². The van der Waals surface area contributed by atoms with Crippen LogP contribution in [0.25, 0.3) is 11.1 Å². The van der Waals surface area contributed by atoms with Gasteiger partial charge in [0.15, 0.2) is 11.5 Å². The quantitative estimate of drug-likeness (QED) is 0.710. The largest absolute Gasteiger partial charge is 0.441 e. The molecule has 0 unspecified atom stereocenters. The van der Waals surface area contributed by atoms with Crippen LogP contribution in [-0.4, -0.2) is 28.9 Å². The molecular formula is C18H19N3O3S. The van der Waals surface area contributed by atoms with E-state index < -0.39 is 5.54 Å². The summed E-state index contributed by atoms with van der Waals surface area (Å²) in [6.07, 6.45) is 0.482. The lowest BCUT2D eigenvalue weighted by Crippen LogP contribution is -2.54. The molecule has 0 aliphatic carbocycles. The summed E-state index contributed by atoms with van der Waals surface area (Å²) in [5.41, 5.74) is 0.516. The lowest BCUT2D eigenvalue weighted by molar-refractivity contribution is -0.126. The van der Waals surface area contributed by atoms with E-state index in [1.165, 1.54) is 11.3 Å². The number of nitrogens with zero attached hydrogens (tertiary/aromatic N) is 1. The first kappa shape index (κ1) is 17.2. The molecule has 0 atom stereocenters. The van der Waals surface area contributed by atoms with Gasteiger partial charge in [0, 0.05) is 13.0 Å². The van der Waals surface area contributed by atoms with Gasteiger partial charge in [-0.1, -0.05) is 18.2 Å². The summed E-state index contributed by atoms with van der Waals surface area (Å²) in [7, 11) is 0. The van der Waals surface area contributed by atoms with Crippen molar-refractivity contribution in [1.29, 1.82) is 0 Å². The molecule has 0 aliphatic heterocycles. The number of carbonyl (C=O) groups is 2. The molecule has 2 N–H and O–H groups in total. The van der Waals surface area contributed by atoms with Gasteiger partial charge in [0.2, 0.25) is 5.91 Å². The summed E-state index contributed by atoms with van der Waals surface area (Å²) in [5, 5.41) is 7.39. The van der Waals surface area contributed by atoms with E-state index in [9.17, 15) is 9.59 Å². The lowest BCUT2D eigenvalue weighted by Gasteiger charge is -2.24. The first-order chi connectivity index (χ1) is 12.0. The van der Waals surface area contributed by atoms with Gasteiger partial charge in [0.05, 0.1) is 4.88 Å². The van der Waals surface area contributed by atoms with E-state index in [1.54, 1.807) is 26.0 Å². The monoisotopic (exact) mass is 357 g/mol. The highest BCUT2D eigenvalue weighted by atomic mass is 32.1. The minimum atomic E-state index is -1.01. The molecule has 2 heterocycles. The van der Waals surface area contributed by atoms with E-state index in [2.05, 4.69) is 15.6 Å². The third-order valence-electron chi connectivity index (χ3n) is 3.70. The maximum absolute atomic E-state index is 12.4. The highest BCUT2D eigenvalue weighted by Crippen LogP contribution is 2.15. The Labute approximate surface area is 149 Å². The number of nitrogens with one attached hydrogen (secondary N) is 2. The van der Waals surface area contributed by atoms with Crippen LogP contribution in [0, 0.1) is 0 Å². The molecule has 0 fully saturated rings. The van der Waals surface area contributed by atoms with Gasteiger partial charge in [0.25, 0.3) is 5.91 Å². The predicted molar refractivity (Wildman–Crippen MR) is 96.6 cm³/mol. The van der Waals surface area contributed by atoms with Gasteiger partial charge in [-0.05, 0) is 37.4 Å². The highest BCUT2D eigenvalue weighted by molar-refractivity contribution is 7.12.